The van der Waals surface area contributed by atoms with Crippen LogP contribution in [0, 0.1) is 0 Å². The van der Waals surface area contributed by atoms with Gasteiger partial charge in [-0.1, -0.05) is 12.1 Å². The molecule has 110 valence electrons. The first kappa shape index (κ1) is 14.8. The van der Waals surface area contributed by atoms with Crippen molar-refractivity contribution in [2.24, 2.45) is 7.05 Å². The Morgan fingerprint density at radius 2 is 1.70 bits per heavy atom. The Bertz CT molecular complexity index is 603. The molecule has 0 radical (unpaired) electrons. The SMILES string of the molecule is Cn1c(=O)n(CCOCCOCCO)c2ccccc21. The van der Waals surface area contributed by atoms with Crippen LogP contribution in [0.2, 0.25) is 0 Å². The van der Waals surface area contributed by atoms with E-state index in [4.69, 9.17) is 14.6 Å². The highest BCUT2D eigenvalue weighted by Gasteiger charge is 2.09. The summed E-state index contributed by atoms with van der Waals surface area (Å²) < 4.78 is 13.9. The van der Waals surface area contributed by atoms with Gasteiger partial charge in [0.1, 0.15) is 0 Å². The summed E-state index contributed by atoms with van der Waals surface area (Å²) >= 11 is 0. The number of ether oxygens (including phenoxy) is 2. The fourth-order valence-electron chi connectivity index (χ4n) is 2.12. The second kappa shape index (κ2) is 7.23. The molecule has 6 heteroatoms. The Morgan fingerprint density at radius 3 is 2.40 bits per heavy atom. The smallest absolute Gasteiger partial charge is 0.328 e. The highest BCUT2D eigenvalue weighted by atomic mass is 16.5. The predicted molar refractivity (Wildman–Crippen MR) is 75.9 cm³/mol. The predicted octanol–water partition coefficient (Wildman–Crippen LogP) is 0.366. The third-order valence-electron chi connectivity index (χ3n) is 3.12. The molecule has 0 fully saturated rings. The number of aryl methyl sites for hydroxylation is 1. The minimum atomic E-state index is -0.0358. The van der Waals surface area contributed by atoms with Crippen molar-refractivity contribution in [3.05, 3.63) is 34.7 Å². The molecule has 1 heterocycles. The first-order valence-electron chi connectivity index (χ1n) is 6.66. The van der Waals surface area contributed by atoms with E-state index >= 15 is 0 Å². The molecule has 0 saturated carbocycles. The van der Waals surface area contributed by atoms with Gasteiger partial charge in [0.05, 0.1) is 50.6 Å². The Hall–Kier alpha value is -1.63. The number of aliphatic hydroxyl groups excluding tert-OH is 1. The quantitative estimate of drug-likeness (QED) is 0.709. The topological polar surface area (TPSA) is 65.6 Å². The maximum atomic E-state index is 12.1. The zero-order valence-corrected chi connectivity index (χ0v) is 11.6. The van der Waals surface area contributed by atoms with E-state index in [0.717, 1.165) is 11.0 Å². The zero-order chi connectivity index (χ0) is 14.4. The number of aliphatic hydroxyl groups is 1. The van der Waals surface area contributed by atoms with Gasteiger partial charge in [-0.05, 0) is 12.1 Å². The summed E-state index contributed by atoms with van der Waals surface area (Å²) in [6.45, 7) is 2.22. The molecule has 6 nitrogen and oxygen atoms in total. The fourth-order valence-corrected chi connectivity index (χ4v) is 2.12. The molecule has 0 aliphatic carbocycles. The van der Waals surface area contributed by atoms with Crippen LogP contribution < -0.4 is 5.69 Å². The lowest BCUT2D eigenvalue weighted by molar-refractivity contribution is 0.0310. The number of hydrogen-bond donors (Lipinski definition) is 1. The van der Waals surface area contributed by atoms with Crippen molar-refractivity contribution in [2.75, 3.05) is 33.0 Å². The summed E-state index contributed by atoms with van der Waals surface area (Å²) in [5.41, 5.74) is 1.80. The number of aromatic nitrogens is 2. The van der Waals surface area contributed by atoms with Crippen LogP contribution in [0.1, 0.15) is 0 Å². The van der Waals surface area contributed by atoms with Crippen molar-refractivity contribution >= 4 is 11.0 Å². The van der Waals surface area contributed by atoms with Gasteiger partial charge in [-0.25, -0.2) is 4.79 Å². The number of para-hydroxylation sites is 2. The number of hydrogen-bond acceptors (Lipinski definition) is 4. The van der Waals surface area contributed by atoms with Crippen molar-refractivity contribution < 1.29 is 14.6 Å². The maximum absolute atomic E-state index is 12.1. The zero-order valence-electron chi connectivity index (χ0n) is 11.6. The minimum Gasteiger partial charge on any atom is -0.394 e. The van der Waals surface area contributed by atoms with Crippen LogP contribution in [0.4, 0.5) is 0 Å². The average molecular weight is 280 g/mol. The van der Waals surface area contributed by atoms with Crippen LogP contribution in [0.25, 0.3) is 11.0 Å². The number of rotatable bonds is 8. The number of fused-ring (bicyclic) bond motifs is 1. The highest BCUT2D eigenvalue weighted by molar-refractivity contribution is 5.75. The van der Waals surface area contributed by atoms with Crippen LogP contribution in [0.5, 0.6) is 0 Å². The normalized spacial score (nSPS) is 11.3. The fraction of sp³-hybridized carbons (Fsp3) is 0.500. The molecule has 1 N–H and O–H groups in total. The third-order valence-corrected chi connectivity index (χ3v) is 3.12. The Balaban J connectivity index is 1.90. The lowest BCUT2D eigenvalue weighted by Gasteiger charge is -2.06. The molecule has 0 aliphatic heterocycles. The Morgan fingerprint density at radius 1 is 1.05 bits per heavy atom. The maximum Gasteiger partial charge on any atom is 0.328 e. The van der Waals surface area contributed by atoms with Gasteiger partial charge < -0.3 is 14.6 Å². The van der Waals surface area contributed by atoms with Gasteiger partial charge in [-0.3, -0.25) is 9.13 Å². The third kappa shape index (κ3) is 3.27. The van der Waals surface area contributed by atoms with E-state index in [-0.39, 0.29) is 12.3 Å². The van der Waals surface area contributed by atoms with Gasteiger partial charge in [0, 0.05) is 7.05 Å². The molecule has 1 aromatic carbocycles. The lowest BCUT2D eigenvalue weighted by Crippen LogP contribution is -2.24. The molecule has 2 aromatic rings. The van der Waals surface area contributed by atoms with Crippen molar-refractivity contribution in [3.8, 4) is 0 Å². The molecule has 0 unspecified atom stereocenters. The van der Waals surface area contributed by atoms with E-state index in [1.54, 1.807) is 16.2 Å². The standard InChI is InChI=1S/C14H20N2O4/c1-15-12-4-2-3-5-13(12)16(14(15)18)6-8-19-10-11-20-9-7-17/h2-5,17H,6-11H2,1H3. The van der Waals surface area contributed by atoms with Gasteiger partial charge >= 0.3 is 5.69 Å². The van der Waals surface area contributed by atoms with E-state index in [0.29, 0.717) is 33.0 Å². The Kier molecular flexibility index (Phi) is 5.34. The summed E-state index contributed by atoms with van der Waals surface area (Å²) in [6, 6.07) is 7.70. The summed E-state index contributed by atoms with van der Waals surface area (Å²) in [7, 11) is 1.77. The summed E-state index contributed by atoms with van der Waals surface area (Å²) in [4.78, 5) is 12.1. The molecule has 0 saturated heterocycles. The van der Waals surface area contributed by atoms with Crippen molar-refractivity contribution in [1.29, 1.82) is 0 Å². The van der Waals surface area contributed by atoms with Crippen LogP contribution >= 0.6 is 0 Å². The average Bonchev–Trinajstić information content (AvgIpc) is 2.71. The van der Waals surface area contributed by atoms with Gasteiger partial charge in [-0.15, -0.1) is 0 Å². The van der Waals surface area contributed by atoms with Crippen LogP contribution in [0.3, 0.4) is 0 Å². The van der Waals surface area contributed by atoms with Gasteiger partial charge in [0.2, 0.25) is 0 Å². The van der Waals surface area contributed by atoms with E-state index in [1.165, 1.54) is 0 Å². The first-order chi connectivity index (χ1) is 9.75. The van der Waals surface area contributed by atoms with E-state index in [9.17, 15) is 4.79 Å². The van der Waals surface area contributed by atoms with Gasteiger partial charge in [0.25, 0.3) is 0 Å². The molecule has 0 amide bonds. The number of nitrogens with zero attached hydrogens (tertiary/aromatic N) is 2. The number of benzene rings is 1. The van der Waals surface area contributed by atoms with Crippen LogP contribution in [-0.2, 0) is 23.1 Å². The van der Waals surface area contributed by atoms with E-state index in [2.05, 4.69) is 0 Å². The highest BCUT2D eigenvalue weighted by Crippen LogP contribution is 2.10. The van der Waals surface area contributed by atoms with Crippen molar-refractivity contribution in [2.45, 2.75) is 6.54 Å². The molecule has 20 heavy (non-hydrogen) atoms. The Labute approximate surface area is 117 Å². The number of imidazole rings is 1. The molecule has 1 aromatic heterocycles. The first-order valence-corrected chi connectivity index (χ1v) is 6.66. The van der Waals surface area contributed by atoms with Gasteiger partial charge in [0.15, 0.2) is 0 Å². The monoisotopic (exact) mass is 280 g/mol. The van der Waals surface area contributed by atoms with Crippen LogP contribution in [0.15, 0.2) is 29.1 Å². The van der Waals surface area contributed by atoms with Crippen molar-refractivity contribution in [3.63, 3.8) is 0 Å². The second-order valence-corrected chi connectivity index (χ2v) is 4.43. The van der Waals surface area contributed by atoms with Crippen molar-refractivity contribution in [1.82, 2.24) is 9.13 Å². The molecule has 0 aliphatic rings. The van der Waals surface area contributed by atoms with Gasteiger partial charge in [-0.2, -0.15) is 0 Å². The second-order valence-electron chi connectivity index (χ2n) is 4.43. The molecule has 0 atom stereocenters. The summed E-state index contributed by atoms with van der Waals surface area (Å²) in [6.07, 6.45) is 0. The molecule has 0 spiro atoms. The van der Waals surface area contributed by atoms with Crippen LogP contribution in [-0.4, -0.2) is 47.3 Å². The minimum absolute atomic E-state index is 0.0192. The summed E-state index contributed by atoms with van der Waals surface area (Å²) in [5, 5.41) is 8.54. The molecular formula is C14H20N2O4. The molecular weight excluding hydrogens is 260 g/mol. The van der Waals surface area contributed by atoms with E-state index < -0.39 is 0 Å². The largest absolute Gasteiger partial charge is 0.394 e. The van der Waals surface area contributed by atoms with E-state index in [1.807, 2.05) is 24.3 Å². The lowest BCUT2D eigenvalue weighted by atomic mass is 10.3. The summed E-state index contributed by atoms with van der Waals surface area (Å²) in [5.74, 6) is 0. The molecule has 0 bridgehead atoms. The molecule has 2 rings (SSSR count).